The Balaban J connectivity index is 1.99. The van der Waals surface area contributed by atoms with E-state index in [0.717, 1.165) is 16.3 Å². The van der Waals surface area contributed by atoms with Crippen LogP contribution in [0.2, 0.25) is 13.1 Å². The normalized spacial score (nSPS) is 12.0. The fraction of sp³-hybridized carbons (Fsp3) is 0.143. The molecule has 3 heteroatoms. The number of hydrogen-bond donors (Lipinski definition) is 1. The van der Waals surface area contributed by atoms with E-state index in [1.54, 1.807) is 13.2 Å². The van der Waals surface area contributed by atoms with Crippen molar-refractivity contribution in [3.63, 3.8) is 0 Å². The molecule has 3 aromatic carbocycles. The topological polar surface area (TPSA) is 29.5 Å². The number of aromatic hydroxyl groups is 1. The Morgan fingerprint density at radius 3 is 2.42 bits per heavy atom. The fourth-order valence-electron chi connectivity index (χ4n) is 2.93. The van der Waals surface area contributed by atoms with Crippen molar-refractivity contribution in [3.8, 4) is 11.5 Å². The number of benzene rings is 3. The summed E-state index contributed by atoms with van der Waals surface area (Å²) in [5.41, 5.74) is 3.31. The van der Waals surface area contributed by atoms with E-state index in [1.807, 2.05) is 24.3 Å². The average Bonchev–Trinajstić information content (AvgIpc) is 2.60. The Morgan fingerprint density at radius 1 is 0.958 bits per heavy atom. The van der Waals surface area contributed by atoms with E-state index in [0.29, 0.717) is 5.75 Å². The van der Waals surface area contributed by atoms with E-state index in [4.69, 9.17) is 4.74 Å². The largest absolute Gasteiger partial charge is 0.507 e. The lowest BCUT2D eigenvalue weighted by Gasteiger charge is -2.18. The van der Waals surface area contributed by atoms with Crippen LogP contribution in [0.15, 0.2) is 66.4 Å². The monoisotopic (exact) mass is 334 g/mol. The summed E-state index contributed by atoms with van der Waals surface area (Å²) in [6.07, 6.45) is 2.12. The average molecular weight is 334 g/mol. The Morgan fingerprint density at radius 2 is 1.71 bits per heavy atom. The fourth-order valence-corrected chi connectivity index (χ4v) is 4.78. The zero-order chi connectivity index (χ0) is 17.2. The Hall–Kier alpha value is -2.52. The molecule has 0 spiro atoms. The van der Waals surface area contributed by atoms with Crippen LogP contribution in [0.4, 0.5) is 0 Å². The van der Waals surface area contributed by atoms with E-state index in [9.17, 15) is 5.11 Å². The highest BCUT2D eigenvalue weighted by atomic mass is 28.3. The van der Waals surface area contributed by atoms with Crippen molar-refractivity contribution >= 4 is 30.1 Å². The van der Waals surface area contributed by atoms with Crippen LogP contribution in [0.3, 0.4) is 0 Å². The summed E-state index contributed by atoms with van der Waals surface area (Å²) in [7, 11) is -0.0307. The minimum atomic E-state index is -1.65. The summed E-state index contributed by atoms with van der Waals surface area (Å²) in [5.74, 6) is 0.948. The van der Waals surface area contributed by atoms with Crippen LogP contribution in [-0.4, -0.2) is 20.3 Å². The van der Waals surface area contributed by atoms with Crippen molar-refractivity contribution in [2.75, 3.05) is 7.11 Å². The van der Waals surface area contributed by atoms with Crippen LogP contribution in [-0.2, 0) is 0 Å². The highest BCUT2D eigenvalue weighted by molar-refractivity contribution is 6.94. The molecule has 0 heterocycles. The number of phenols is 1. The van der Waals surface area contributed by atoms with Crippen molar-refractivity contribution in [3.05, 3.63) is 71.9 Å². The maximum Gasteiger partial charge on any atom is 0.130 e. The molecule has 0 bridgehead atoms. The number of fused-ring (bicyclic) bond motifs is 1. The van der Waals surface area contributed by atoms with Crippen LogP contribution in [0.5, 0.6) is 11.5 Å². The van der Waals surface area contributed by atoms with Gasteiger partial charge in [-0.1, -0.05) is 72.5 Å². The van der Waals surface area contributed by atoms with Gasteiger partial charge in [0.2, 0.25) is 0 Å². The number of rotatable bonds is 4. The molecule has 122 valence electrons. The predicted octanol–water partition coefficient (Wildman–Crippen LogP) is 4.72. The van der Waals surface area contributed by atoms with Crippen molar-refractivity contribution < 1.29 is 9.84 Å². The maximum absolute atomic E-state index is 10.4. The van der Waals surface area contributed by atoms with Crippen LogP contribution in [0.1, 0.15) is 5.56 Å². The smallest absolute Gasteiger partial charge is 0.130 e. The zero-order valence-corrected chi connectivity index (χ0v) is 15.3. The van der Waals surface area contributed by atoms with Crippen molar-refractivity contribution in [1.29, 1.82) is 0 Å². The first kappa shape index (κ1) is 16.3. The molecule has 0 saturated carbocycles. The van der Waals surface area contributed by atoms with E-state index in [-0.39, 0.29) is 5.75 Å². The molecule has 3 rings (SSSR count). The van der Waals surface area contributed by atoms with Gasteiger partial charge in [0, 0.05) is 0 Å². The first-order chi connectivity index (χ1) is 11.5. The van der Waals surface area contributed by atoms with Crippen LogP contribution in [0.25, 0.3) is 16.8 Å². The maximum atomic E-state index is 10.4. The summed E-state index contributed by atoms with van der Waals surface area (Å²) in [6, 6.07) is 20.3. The lowest BCUT2D eigenvalue weighted by molar-refractivity contribution is 0.416. The third-order valence-electron chi connectivity index (χ3n) is 4.37. The molecule has 0 aliphatic heterocycles. The lowest BCUT2D eigenvalue weighted by atomic mass is 10.0. The molecule has 0 atom stereocenters. The Kier molecular flexibility index (Phi) is 4.45. The van der Waals surface area contributed by atoms with Gasteiger partial charge in [-0.2, -0.15) is 0 Å². The van der Waals surface area contributed by atoms with Gasteiger partial charge in [-0.05, 0) is 29.1 Å². The second-order valence-corrected chi connectivity index (χ2v) is 10.9. The van der Waals surface area contributed by atoms with Gasteiger partial charge >= 0.3 is 0 Å². The van der Waals surface area contributed by atoms with Gasteiger partial charge in [-0.15, -0.1) is 0 Å². The molecule has 0 fully saturated rings. The third kappa shape index (κ3) is 3.22. The van der Waals surface area contributed by atoms with Gasteiger partial charge in [0.25, 0.3) is 0 Å². The second-order valence-electron chi connectivity index (χ2n) is 6.52. The molecule has 0 aliphatic rings. The number of hydrogen-bond acceptors (Lipinski definition) is 2. The van der Waals surface area contributed by atoms with E-state index in [1.165, 1.54) is 5.19 Å². The lowest BCUT2D eigenvalue weighted by Crippen LogP contribution is -2.39. The summed E-state index contributed by atoms with van der Waals surface area (Å²) in [4.78, 5) is 0. The molecule has 0 aliphatic carbocycles. The molecule has 0 saturated heterocycles. The molecular weight excluding hydrogens is 312 g/mol. The molecule has 24 heavy (non-hydrogen) atoms. The molecule has 0 radical (unpaired) electrons. The molecular formula is C21H22O2Si. The van der Waals surface area contributed by atoms with Crippen LogP contribution < -0.4 is 9.92 Å². The highest BCUT2D eigenvalue weighted by Gasteiger charge is 2.19. The Labute approximate surface area is 144 Å². The van der Waals surface area contributed by atoms with Gasteiger partial charge < -0.3 is 9.84 Å². The zero-order valence-electron chi connectivity index (χ0n) is 14.3. The minimum Gasteiger partial charge on any atom is -0.507 e. The number of phenolic OH excluding ortho intramolecular Hbond substituents is 1. The first-order valence-corrected chi connectivity index (χ1v) is 11.1. The van der Waals surface area contributed by atoms with Gasteiger partial charge in [-0.3, -0.25) is 0 Å². The van der Waals surface area contributed by atoms with Crippen LogP contribution in [0, 0.1) is 0 Å². The van der Waals surface area contributed by atoms with E-state index >= 15 is 0 Å². The summed E-state index contributed by atoms with van der Waals surface area (Å²) < 4.78 is 5.35. The van der Waals surface area contributed by atoms with Gasteiger partial charge in [0.15, 0.2) is 0 Å². The van der Waals surface area contributed by atoms with Gasteiger partial charge in [-0.25, -0.2) is 0 Å². The number of ether oxygens (including phenoxy) is 1. The Bertz CT molecular complexity index is 883. The molecule has 0 aromatic heterocycles. The summed E-state index contributed by atoms with van der Waals surface area (Å²) in [6.45, 7) is 4.64. The predicted molar refractivity (Wildman–Crippen MR) is 105 cm³/mol. The minimum absolute atomic E-state index is 0.254. The van der Waals surface area contributed by atoms with E-state index in [2.05, 4.69) is 55.2 Å². The quantitative estimate of drug-likeness (QED) is 0.699. The van der Waals surface area contributed by atoms with Crippen molar-refractivity contribution in [1.82, 2.24) is 0 Å². The molecule has 2 nitrogen and oxygen atoms in total. The molecule has 0 amide bonds. The van der Waals surface area contributed by atoms with E-state index < -0.39 is 8.07 Å². The SMILES string of the molecule is COc1cccc2cc(/C=C/[Si](C)(C)c3ccccc3)cc(O)c12. The van der Waals surface area contributed by atoms with Gasteiger partial charge in [0.1, 0.15) is 19.6 Å². The highest BCUT2D eigenvalue weighted by Crippen LogP contribution is 2.34. The van der Waals surface area contributed by atoms with Gasteiger partial charge in [0.05, 0.1) is 12.5 Å². The summed E-state index contributed by atoms with van der Waals surface area (Å²) in [5, 5.41) is 13.5. The second kappa shape index (κ2) is 6.54. The first-order valence-electron chi connectivity index (χ1n) is 8.06. The summed E-state index contributed by atoms with van der Waals surface area (Å²) >= 11 is 0. The van der Waals surface area contributed by atoms with Crippen LogP contribution >= 0.6 is 0 Å². The molecule has 0 unspecified atom stereocenters. The van der Waals surface area contributed by atoms with Crippen molar-refractivity contribution in [2.45, 2.75) is 13.1 Å². The molecule has 1 N–H and O–H groups in total. The third-order valence-corrected chi connectivity index (χ3v) is 7.19. The van der Waals surface area contributed by atoms with Crippen molar-refractivity contribution in [2.24, 2.45) is 0 Å². The molecule has 3 aromatic rings. The number of methoxy groups -OCH3 is 1. The standard InChI is InChI=1S/C21H22O2Si/c1-23-20-11-7-8-17-14-16(15-19(22)21(17)20)12-13-24(2,3)18-9-5-4-6-10-18/h4-15,22H,1-3H3/b13-12+.